The summed E-state index contributed by atoms with van der Waals surface area (Å²) in [6, 6.07) is 0. The third kappa shape index (κ3) is 1.07. The molecule has 1 nitrogen and oxygen atoms in total. The third-order valence-electron chi connectivity index (χ3n) is 8.74. The second-order valence-corrected chi connectivity index (χ2v) is 9.37. The average Bonchev–Trinajstić information content (AvgIpc) is 3.41. The first-order valence-corrected chi connectivity index (χ1v) is 10.1. The van der Waals surface area contributed by atoms with Crippen molar-refractivity contribution in [2.24, 2.45) is 40.9 Å². The summed E-state index contributed by atoms with van der Waals surface area (Å²) in [6.07, 6.45) is 10.5. The highest BCUT2D eigenvalue weighted by molar-refractivity contribution is 5.82. The first kappa shape index (κ1) is 14.1. The lowest BCUT2D eigenvalue weighted by Gasteiger charge is -2.59. The minimum absolute atomic E-state index is 0.339. The molecule has 1 spiro atoms. The Kier molecular flexibility index (Phi) is 2.27. The van der Waals surface area contributed by atoms with Crippen molar-refractivity contribution in [2.45, 2.75) is 46.1 Å². The lowest BCUT2D eigenvalue weighted by Crippen LogP contribution is -2.58. The molecule has 6 rings (SSSR count). The second kappa shape index (κ2) is 3.85. The van der Waals surface area contributed by atoms with Crippen LogP contribution in [0.25, 0.3) is 0 Å². The van der Waals surface area contributed by atoms with Gasteiger partial charge in [0.2, 0.25) is 0 Å². The molecule has 0 aliphatic heterocycles. The Balaban J connectivity index is 1.41. The van der Waals surface area contributed by atoms with Gasteiger partial charge in [0.1, 0.15) is 0 Å². The maximum Gasteiger partial charge on any atom is 0.0613 e. The molecule has 1 heteroatoms. The minimum atomic E-state index is 0.339. The highest BCUT2D eigenvalue weighted by Gasteiger charge is 2.94. The summed E-state index contributed by atoms with van der Waals surface area (Å²) in [5.41, 5.74) is 9.62. The van der Waals surface area contributed by atoms with E-state index >= 15 is 0 Å². The summed E-state index contributed by atoms with van der Waals surface area (Å²) in [5.74, 6) is 4.73. The van der Waals surface area contributed by atoms with Crippen molar-refractivity contribution < 1.29 is 0 Å². The molecule has 2 saturated carbocycles. The van der Waals surface area contributed by atoms with E-state index in [0.717, 1.165) is 35.5 Å². The van der Waals surface area contributed by atoms with Gasteiger partial charge >= 0.3 is 0 Å². The van der Waals surface area contributed by atoms with E-state index < -0.39 is 0 Å². The van der Waals surface area contributed by atoms with Crippen LogP contribution in [0.4, 0.5) is 0 Å². The number of allylic oxidation sites excluding steroid dienone is 4. The van der Waals surface area contributed by atoms with Crippen molar-refractivity contribution in [3.05, 3.63) is 46.1 Å². The highest BCUT2D eigenvalue weighted by Crippen LogP contribution is 2.93. The Morgan fingerprint density at radius 1 is 1.21 bits per heavy atom. The van der Waals surface area contributed by atoms with Gasteiger partial charge in [-0.1, -0.05) is 48.8 Å². The molecule has 0 bridgehead atoms. The molecule has 0 saturated heterocycles. The largest absolute Gasteiger partial charge is 0.309 e. The predicted molar refractivity (Wildman–Crippen MR) is 98.4 cm³/mol. The smallest absolute Gasteiger partial charge is 0.0613 e. The van der Waals surface area contributed by atoms with Gasteiger partial charge in [0, 0.05) is 23.2 Å². The molecule has 0 radical (unpaired) electrons. The molecule has 0 amide bonds. The average molecular weight is 319 g/mol. The molecule has 24 heavy (non-hydrogen) atoms. The van der Waals surface area contributed by atoms with Crippen LogP contribution in [0.2, 0.25) is 0 Å². The van der Waals surface area contributed by atoms with E-state index in [1.54, 1.807) is 16.7 Å². The van der Waals surface area contributed by atoms with Crippen LogP contribution >= 0.6 is 0 Å². The lowest BCUT2D eigenvalue weighted by molar-refractivity contribution is 0.238. The Morgan fingerprint density at radius 2 is 1.96 bits per heavy atom. The van der Waals surface area contributed by atoms with Crippen LogP contribution in [0, 0.1) is 40.9 Å². The molecule has 7 unspecified atom stereocenters. The quantitative estimate of drug-likeness (QED) is 0.744. The molecule has 1 N–H and O–H groups in total. The minimum Gasteiger partial charge on any atom is -0.309 e. The van der Waals surface area contributed by atoms with E-state index in [4.69, 9.17) is 0 Å². The maximum absolute atomic E-state index is 3.80. The van der Waals surface area contributed by atoms with E-state index in [-0.39, 0.29) is 0 Å². The van der Waals surface area contributed by atoms with Crippen molar-refractivity contribution in [1.29, 1.82) is 0 Å². The van der Waals surface area contributed by atoms with Gasteiger partial charge in [-0.2, -0.15) is 0 Å². The monoisotopic (exact) mass is 319 g/mol. The van der Waals surface area contributed by atoms with Gasteiger partial charge in [0.25, 0.3) is 0 Å². The molecule has 0 aromatic carbocycles. The molecule has 0 aromatic rings. The molecule has 126 valence electrons. The van der Waals surface area contributed by atoms with Crippen LogP contribution in [0.1, 0.15) is 40.5 Å². The van der Waals surface area contributed by atoms with Gasteiger partial charge < -0.3 is 5.32 Å². The summed E-state index contributed by atoms with van der Waals surface area (Å²) in [4.78, 5) is 0. The summed E-state index contributed by atoms with van der Waals surface area (Å²) in [7, 11) is 2.21. The van der Waals surface area contributed by atoms with Gasteiger partial charge in [-0.15, -0.1) is 0 Å². The van der Waals surface area contributed by atoms with Crippen molar-refractivity contribution in [1.82, 2.24) is 5.32 Å². The SMILES string of the molecule is C/C=C(\C)C1C2=C(C1C)C1(NC)C3C=C(C4C(C5CC5)=CC4C)C231. The Labute approximate surface area is 146 Å². The Morgan fingerprint density at radius 3 is 2.54 bits per heavy atom. The fourth-order valence-corrected chi connectivity index (χ4v) is 7.59. The number of nitrogens with one attached hydrogen (secondary N) is 1. The van der Waals surface area contributed by atoms with Gasteiger partial charge in [0.05, 0.1) is 5.54 Å². The normalized spacial score (nSPS) is 53.4. The molecule has 0 heterocycles. The molecular weight excluding hydrogens is 290 g/mol. The second-order valence-electron chi connectivity index (χ2n) is 9.37. The molecular formula is C23H29N. The standard InChI is InChI=1S/C23H29N/c1-6-11(2)18-13(4)20-21(18)22-16(10-17(22)23(20,22)24-5)19-12(3)9-15(19)14-7-8-14/h6,9-10,12-14,17-19,24H,7-8H2,1-5H3/b11-6+. The van der Waals surface area contributed by atoms with Crippen molar-refractivity contribution >= 4 is 0 Å². The fourth-order valence-electron chi connectivity index (χ4n) is 7.59. The molecule has 2 fully saturated rings. The Hall–Kier alpha value is -1.08. The summed E-state index contributed by atoms with van der Waals surface area (Å²) >= 11 is 0. The first-order chi connectivity index (χ1) is 11.6. The molecule has 7 atom stereocenters. The maximum atomic E-state index is 3.80. The summed E-state index contributed by atoms with van der Waals surface area (Å²) < 4.78 is 0. The summed E-state index contributed by atoms with van der Waals surface area (Å²) in [5, 5.41) is 3.80. The number of rotatable bonds is 4. The number of hydrogen-bond acceptors (Lipinski definition) is 1. The van der Waals surface area contributed by atoms with E-state index in [9.17, 15) is 0 Å². The first-order valence-electron chi connectivity index (χ1n) is 10.1. The molecule has 6 aliphatic rings. The molecule has 0 aromatic heterocycles. The lowest BCUT2D eigenvalue weighted by atomic mass is 9.45. The van der Waals surface area contributed by atoms with Gasteiger partial charge in [-0.05, 0) is 62.6 Å². The van der Waals surface area contributed by atoms with Gasteiger partial charge in [0.15, 0.2) is 0 Å². The van der Waals surface area contributed by atoms with Crippen LogP contribution in [-0.4, -0.2) is 12.6 Å². The van der Waals surface area contributed by atoms with E-state index in [0.29, 0.717) is 11.0 Å². The zero-order chi connectivity index (χ0) is 16.6. The van der Waals surface area contributed by atoms with Crippen LogP contribution in [0.15, 0.2) is 46.1 Å². The van der Waals surface area contributed by atoms with Crippen LogP contribution in [0.3, 0.4) is 0 Å². The predicted octanol–water partition coefficient (Wildman–Crippen LogP) is 4.65. The van der Waals surface area contributed by atoms with Crippen LogP contribution in [-0.2, 0) is 0 Å². The van der Waals surface area contributed by atoms with Crippen molar-refractivity contribution in [2.75, 3.05) is 7.05 Å². The van der Waals surface area contributed by atoms with Crippen LogP contribution in [0.5, 0.6) is 0 Å². The third-order valence-corrected chi connectivity index (χ3v) is 8.74. The highest BCUT2D eigenvalue weighted by atomic mass is 15.2. The van der Waals surface area contributed by atoms with Crippen molar-refractivity contribution in [3.63, 3.8) is 0 Å². The zero-order valence-electron chi connectivity index (χ0n) is 15.6. The van der Waals surface area contributed by atoms with Gasteiger partial charge in [-0.3, -0.25) is 0 Å². The van der Waals surface area contributed by atoms with E-state index in [2.05, 4.69) is 58.3 Å². The fraction of sp³-hybridized carbons (Fsp3) is 0.652. The van der Waals surface area contributed by atoms with Crippen LogP contribution < -0.4 is 5.32 Å². The number of likely N-dealkylation sites (N-methyl/N-ethyl adjacent to an activating group) is 1. The number of fused-ring (bicyclic) bond motifs is 2. The molecule has 6 aliphatic carbocycles. The van der Waals surface area contributed by atoms with E-state index in [1.807, 2.05) is 11.1 Å². The van der Waals surface area contributed by atoms with Gasteiger partial charge in [-0.25, -0.2) is 0 Å². The Bertz CT molecular complexity index is 804. The number of hydrogen-bond donors (Lipinski definition) is 1. The van der Waals surface area contributed by atoms with Crippen molar-refractivity contribution in [3.8, 4) is 0 Å². The topological polar surface area (TPSA) is 12.0 Å². The zero-order valence-corrected chi connectivity index (χ0v) is 15.6. The summed E-state index contributed by atoms with van der Waals surface area (Å²) in [6.45, 7) is 9.46. The van der Waals surface area contributed by atoms with E-state index in [1.165, 1.54) is 12.8 Å².